The average molecular weight is 585 g/mol. The Kier molecular flexibility index (Phi) is 7.55. The molecule has 42 heavy (non-hydrogen) atoms. The van der Waals surface area contributed by atoms with Gasteiger partial charge in [0.2, 0.25) is 0 Å². The van der Waals surface area contributed by atoms with Crippen LogP contribution in [0.15, 0.2) is 83.9 Å². The van der Waals surface area contributed by atoms with Gasteiger partial charge in [0.05, 0.1) is 5.52 Å². The van der Waals surface area contributed by atoms with Gasteiger partial charge in [0.15, 0.2) is 0 Å². The van der Waals surface area contributed by atoms with Crippen molar-refractivity contribution in [3.63, 3.8) is 0 Å². The summed E-state index contributed by atoms with van der Waals surface area (Å²) >= 11 is 0. The van der Waals surface area contributed by atoms with Crippen molar-refractivity contribution in [3.05, 3.63) is 95.7 Å². The molecule has 1 aliphatic heterocycles. The van der Waals surface area contributed by atoms with Crippen molar-refractivity contribution in [1.82, 2.24) is 14.8 Å². The van der Waals surface area contributed by atoms with E-state index in [0.29, 0.717) is 54.6 Å². The Hall–Kier alpha value is -4.44. The van der Waals surface area contributed by atoms with Gasteiger partial charge in [-0.2, -0.15) is 0 Å². The molecule has 0 atom stereocenters. The minimum atomic E-state index is -3.91. The van der Waals surface area contributed by atoms with Crippen LogP contribution in [0.4, 0.5) is 10.5 Å². The summed E-state index contributed by atoms with van der Waals surface area (Å²) in [7, 11) is -3.91. The lowest BCUT2D eigenvalue weighted by atomic mass is 9.80. The highest BCUT2D eigenvalue weighted by molar-refractivity contribution is 7.93. The predicted octanol–water partition coefficient (Wildman–Crippen LogP) is 5.57. The lowest BCUT2D eigenvalue weighted by Gasteiger charge is -2.34. The van der Waals surface area contributed by atoms with Crippen LogP contribution < -0.4 is 9.46 Å². The number of fused-ring (bicyclic) bond motifs is 1. The van der Waals surface area contributed by atoms with E-state index in [4.69, 9.17) is 4.74 Å². The number of hydrogen-bond donors (Lipinski definition) is 1. The van der Waals surface area contributed by atoms with E-state index >= 15 is 0 Å². The molecule has 1 saturated carbocycles. The summed E-state index contributed by atoms with van der Waals surface area (Å²) in [5, 5.41) is 0.798. The van der Waals surface area contributed by atoms with Crippen molar-refractivity contribution < 1.29 is 22.7 Å². The van der Waals surface area contributed by atoms with Gasteiger partial charge in [-0.3, -0.25) is 14.5 Å². The van der Waals surface area contributed by atoms with Crippen LogP contribution in [0, 0.1) is 6.92 Å². The second-order valence-electron chi connectivity index (χ2n) is 10.9. The Bertz CT molecular complexity index is 1740. The number of aromatic nitrogens is 1. The number of amides is 2. The molecule has 2 heterocycles. The maximum atomic E-state index is 13.3. The first kappa shape index (κ1) is 27.7. The average Bonchev–Trinajstić information content (AvgIpc) is 2.96. The van der Waals surface area contributed by atoms with Gasteiger partial charge in [0.25, 0.3) is 15.9 Å². The first-order valence-corrected chi connectivity index (χ1v) is 15.6. The standard InChI is InChI=1S/C32H32N4O5S/c1-22-5-2-9-28(19-22)41-32(38)36-17-15-35(16-18-36)31(37)24-11-13-27(14-12-24)34-42(39,40)29-10-4-8-25-20-26(21-33-30(25)29)23-6-3-7-23/h2,4-5,8-14,19-21,23,34H,3,6-7,15-18H2,1H3. The minimum absolute atomic E-state index is 0.110. The third kappa shape index (κ3) is 5.80. The molecule has 2 amide bonds. The number of anilines is 1. The van der Waals surface area contributed by atoms with Crippen LogP contribution in [0.25, 0.3) is 10.9 Å². The predicted molar refractivity (Wildman–Crippen MR) is 160 cm³/mol. The largest absolute Gasteiger partial charge is 0.415 e. The molecule has 0 unspecified atom stereocenters. The molecule has 3 aromatic carbocycles. The van der Waals surface area contributed by atoms with E-state index in [2.05, 4.69) is 9.71 Å². The number of pyridine rings is 1. The normalized spacial score (nSPS) is 15.7. The summed E-state index contributed by atoms with van der Waals surface area (Å²) in [5.41, 5.74) is 3.36. The molecule has 1 aromatic heterocycles. The number of aryl methyl sites for hydroxylation is 1. The second-order valence-corrected chi connectivity index (χ2v) is 12.5. The minimum Gasteiger partial charge on any atom is -0.410 e. The molecule has 0 spiro atoms. The van der Waals surface area contributed by atoms with Gasteiger partial charge in [0.1, 0.15) is 10.6 Å². The Morgan fingerprint density at radius 2 is 1.62 bits per heavy atom. The first-order chi connectivity index (χ1) is 20.3. The van der Waals surface area contributed by atoms with Gasteiger partial charge >= 0.3 is 6.09 Å². The number of hydrogen-bond acceptors (Lipinski definition) is 6. The molecule has 1 N–H and O–H groups in total. The zero-order valence-electron chi connectivity index (χ0n) is 23.3. The topological polar surface area (TPSA) is 109 Å². The molecule has 1 aliphatic carbocycles. The quantitative estimate of drug-likeness (QED) is 0.318. The van der Waals surface area contributed by atoms with Gasteiger partial charge in [-0.05, 0) is 85.3 Å². The number of para-hydroxylation sites is 1. The van der Waals surface area contributed by atoms with Gasteiger partial charge in [-0.25, -0.2) is 13.2 Å². The van der Waals surface area contributed by atoms with Crippen LogP contribution in [0.5, 0.6) is 5.75 Å². The number of sulfonamides is 1. The van der Waals surface area contributed by atoms with Gasteiger partial charge in [-0.1, -0.05) is 30.7 Å². The molecule has 9 nitrogen and oxygen atoms in total. The van der Waals surface area contributed by atoms with Crippen LogP contribution in [0.1, 0.15) is 46.7 Å². The van der Waals surface area contributed by atoms with Gasteiger partial charge in [0, 0.05) is 49.0 Å². The number of carbonyl (C=O) groups excluding carboxylic acids is 2. The van der Waals surface area contributed by atoms with Crippen LogP contribution in [0.3, 0.4) is 0 Å². The molecular formula is C32H32N4O5S. The number of nitrogens with one attached hydrogen (secondary N) is 1. The fraction of sp³-hybridized carbons (Fsp3) is 0.281. The van der Waals surface area contributed by atoms with Crippen molar-refractivity contribution in [2.75, 3.05) is 30.9 Å². The van der Waals surface area contributed by atoms with E-state index in [0.717, 1.165) is 29.4 Å². The maximum absolute atomic E-state index is 13.3. The molecule has 2 aliphatic rings. The smallest absolute Gasteiger partial charge is 0.410 e. The third-order valence-electron chi connectivity index (χ3n) is 7.97. The van der Waals surface area contributed by atoms with E-state index < -0.39 is 16.1 Å². The molecule has 2 fully saturated rings. The monoisotopic (exact) mass is 584 g/mol. The molecule has 216 valence electrons. The van der Waals surface area contributed by atoms with Crippen LogP contribution in [-0.2, 0) is 10.0 Å². The van der Waals surface area contributed by atoms with Crippen molar-refractivity contribution >= 4 is 38.6 Å². The number of rotatable bonds is 6. The van der Waals surface area contributed by atoms with E-state index in [9.17, 15) is 18.0 Å². The van der Waals surface area contributed by atoms with Gasteiger partial charge in [-0.15, -0.1) is 0 Å². The second kappa shape index (κ2) is 11.4. The SMILES string of the molecule is Cc1cccc(OC(=O)N2CCN(C(=O)c3ccc(NS(=O)(=O)c4cccc5cc(C6CCC6)cnc45)cc3)CC2)c1. The van der Waals surface area contributed by atoms with Crippen LogP contribution in [-0.4, -0.2) is 61.4 Å². The summed E-state index contributed by atoms with van der Waals surface area (Å²) in [6.45, 7) is 3.38. The maximum Gasteiger partial charge on any atom is 0.415 e. The molecule has 6 rings (SSSR count). The van der Waals surface area contributed by atoms with Gasteiger partial charge < -0.3 is 14.5 Å². The lowest BCUT2D eigenvalue weighted by Crippen LogP contribution is -2.51. The highest BCUT2D eigenvalue weighted by Gasteiger charge is 2.27. The van der Waals surface area contributed by atoms with E-state index in [1.807, 2.05) is 31.2 Å². The molecule has 4 aromatic rings. The molecule has 10 heteroatoms. The zero-order chi connectivity index (χ0) is 29.3. The summed E-state index contributed by atoms with van der Waals surface area (Å²) in [5.74, 6) is 0.812. The third-order valence-corrected chi connectivity index (χ3v) is 9.38. The van der Waals surface area contributed by atoms with Crippen LogP contribution >= 0.6 is 0 Å². The molecule has 0 radical (unpaired) electrons. The Labute approximate surface area is 245 Å². The zero-order valence-corrected chi connectivity index (χ0v) is 24.1. The van der Waals surface area contributed by atoms with E-state index in [1.165, 1.54) is 6.42 Å². The number of nitrogens with zero attached hydrogens (tertiary/aromatic N) is 3. The summed E-state index contributed by atoms with van der Waals surface area (Å²) in [4.78, 5) is 33.6. The number of carbonyl (C=O) groups is 2. The highest BCUT2D eigenvalue weighted by Crippen LogP contribution is 2.37. The number of piperazine rings is 1. The Morgan fingerprint density at radius 3 is 2.31 bits per heavy atom. The fourth-order valence-electron chi connectivity index (χ4n) is 5.34. The van der Waals surface area contributed by atoms with Crippen molar-refractivity contribution in [1.29, 1.82) is 0 Å². The van der Waals surface area contributed by atoms with Crippen molar-refractivity contribution in [3.8, 4) is 5.75 Å². The lowest BCUT2D eigenvalue weighted by molar-refractivity contribution is 0.0633. The molecule has 1 saturated heterocycles. The van der Waals surface area contributed by atoms with E-state index in [1.54, 1.807) is 64.5 Å². The summed E-state index contributed by atoms with van der Waals surface area (Å²) < 4.78 is 34.7. The van der Waals surface area contributed by atoms with Crippen molar-refractivity contribution in [2.24, 2.45) is 0 Å². The number of benzene rings is 3. The molecular weight excluding hydrogens is 552 g/mol. The van der Waals surface area contributed by atoms with E-state index in [-0.39, 0.29) is 10.8 Å². The summed E-state index contributed by atoms with van der Waals surface area (Å²) in [6, 6.07) is 20.9. The Balaban J connectivity index is 1.08. The number of ether oxygens (including phenoxy) is 1. The van der Waals surface area contributed by atoms with Crippen molar-refractivity contribution in [2.45, 2.75) is 37.0 Å². The van der Waals surface area contributed by atoms with Crippen LogP contribution in [0.2, 0.25) is 0 Å². The summed E-state index contributed by atoms with van der Waals surface area (Å²) in [6.07, 6.45) is 4.85. The first-order valence-electron chi connectivity index (χ1n) is 14.1. The molecule has 0 bridgehead atoms. The highest BCUT2D eigenvalue weighted by atomic mass is 32.2. The fourth-order valence-corrected chi connectivity index (χ4v) is 6.58. The Morgan fingerprint density at radius 1 is 0.905 bits per heavy atom.